The van der Waals surface area contributed by atoms with Crippen LogP contribution in [0.1, 0.15) is 76.2 Å². The van der Waals surface area contributed by atoms with E-state index in [0.29, 0.717) is 11.5 Å². The molecule has 166 valence electrons. The van der Waals surface area contributed by atoms with Crippen LogP contribution in [0, 0.1) is 41.4 Å². The predicted octanol–water partition coefficient (Wildman–Crippen LogP) is 5.10. The van der Waals surface area contributed by atoms with Crippen molar-refractivity contribution in [3.63, 3.8) is 0 Å². The fraction of sp³-hybridized carbons (Fsp3) is 0.704. The second-order valence-electron chi connectivity index (χ2n) is 11.9. The molecule has 0 radical (unpaired) electrons. The van der Waals surface area contributed by atoms with Crippen LogP contribution in [-0.2, 0) is 17.6 Å². The smallest absolute Gasteiger partial charge is 0.217 e. The highest BCUT2D eigenvalue weighted by atomic mass is 16.1. The van der Waals surface area contributed by atoms with Gasteiger partial charge in [0.25, 0.3) is 0 Å². The first-order valence-corrected chi connectivity index (χ1v) is 12.5. The number of nitrogens with one attached hydrogen (secondary N) is 1. The van der Waals surface area contributed by atoms with Crippen molar-refractivity contribution >= 4 is 11.6 Å². The Bertz CT molecular complexity index is 1060. The lowest BCUT2D eigenvalue weighted by Gasteiger charge is -2.60. The fourth-order valence-corrected chi connectivity index (χ4v) is 8.82. The first-order chi connectivity index (χ1) is 14.8. The summed E-state index contributed by atoms with van der Waals surface area (Å²) >= 11 is 0. The van der Waals surface area contributed by atoms with Gasteiger partial charge in [-0.1, -0.05) is 19.9 Å². The predicted molar refractivity (Wildman–Crippen MR) is 123 cm³/mol. The third kappa shape index (κ3) is 2.72. The van der Waals surface area contributed by atoms with Crippen LogP contribution in [0.5, 0.6) is 0 Å². The van der Waals surface area contributed by atoms with Gasteiger partial charge in [-0.2, -0.15) is 0 Å². The number of pyridine rings is 1. The largest absolute Gasteiger partial charge is 0.353 e. The molecule has 0 unspecified atom stereocenters. The lowest BCUT2D eigenvalue weighted by molar-refractivity contribution is -0.122. The molecule has 1 amide bonds. The van der Waals surface area contributed by atoms with Crippen LogP contribution in [0.3, 0.4) is 0 Å². The van der Waals surface area contributed by atoms with Crippen LogP contribution in [0.2, 0.25) is 0 Å². The summed E-state index contributed by atoms with van der Waals surface area (Å²) in [6.45, 7) is 8.98. The van der Waals surface area contributed by atoms with Gasteiger partial charge in [0.15, 0.2) is 0 Å². The zero-order valence-corrected chi connectivity index (χ0v) is 19.6. The summed E-state index contributed by atoms with van der Waals surface area (Å²) in [6.07, 6.45) is 12.4. The van der Waals surface area contributed by atoms with Crippen molar-refractivity contribution in [2.75, 3.05) is 0 Å². The van der Waals surface area contributed by atoms with Gasteiger partial charge in [0, 0.05) is 24.9 Å². The lowest BCUT2D eigenvalue weighted by atomic mass is 9.45. The minimum absolute atomic E-state index is 0.146. The summed E-state index contributed by atoms with van der Waals surface area (Å²) in [4.78, 5) is 16.9. The highest BCUT2D eigenvalue weighted by molar-refractivity contribution is 5.73. The maximum Gasteiger partial charge on any atom is 0.217 e. The Morgan fingerprint density at radius 2 is 1.90 bits per heavy atom. The van der Waals surface area contributed by atoms with Crippen LogP contribution >= 0.6 is 0 Å². The second kappa shape index (κ2) is 6.59. The van der Waals surface area contributed by atoms with E-state index in [1.165, 1.54) is 61.9 Å². The Hall–Kier alpha value is -1.84. The van der Waals surface area contributed by atoms with Gasteiger partial charge in [-0.15, -0.1) is 0 Å². The number of nitrogens with zero attached hydrogens (tertiary/aromatic N) is 2. The molecule has 4 aliphatic carbocycles. The van der Waals surface area contributed by atoms with Crippen LogP contribution in [0.15, 0.2) is 18.3 Å². The molecule has 6 rings (SSSR count). The Morgan fingerprint density at radius 3 is 2.71 bits per heavy atom. The molecule has 7 atom stereocenters. The molecule has 4 heteroatoms. The molecule has 3 fully saturated rings. The summed E-state index contributed by atoms with van der Waals surface area (Å²) in [7, 11) is 0. The second-order valence-corrected chi connectivity index (χ2v) is 11.9. The average molecular weight is 420 g/mol. The first kappa shape index (κ1) is 19.8. The third-order valence-corrected chi connectivity index (χ3v) is 10.4. The highest BCUT2D eigenvalue weighted by Gasteiger charge is 2.60. The van der Waals surface area contributed by atoms with E-state index in [9.17, 15) is 4.79 Å². The van der Waals surface area contributed by atoms with Gasteiger partial charge in [-0.05, 0) is 104 Å². The van der Waals surface area contributed by atoms with E-state index in [4.69, 9.17) is 4.98 Å². The minimum Gasteiger partial charge on any atom is -0.353 e. The summed E-state index contributed by atoms with van der Waals surface area (Å²) in [5.41, 5.74) is 5.94. The number of rotatable bonds is 1. The molecule has 0 aromatic carbocycles. The molecular weight excluding hydrogens is 382 g/mol. The molecule has 0 saturated heterocycles. The highest BCUT2D eigenvalue weighted by Crippen LogP contribution is 2.65. The van der Waals surface area contributed by atoms with Crippen LogP contribution < -0.4 is 5.32 Å². The van der Waals surface area contributed by atoms with Crippen molar-refractivity contribution in [1.29, 1.82) is 0 Å². The van der Waals surface area contributed by atoms with E-state index in [1.54, 1.807) is 6.92 Å². The van der Waals surface area contributed by atoms with E-state index >= 15 is 0 Å². The van der Waals surface area contributed by atoms with E-state index in [2.05, 4.69) is 48.8 Å². The van der Waals surface area contributed by atoms with E-state index in [0.717, 1.165) is 35.7 Å². The Labute approximate surface area is 186 Å². The number of aryl methyl sites for hydroxylation is 1. The standard InChI is InChI=1S/C27H37N3O/c1-16-5-10-25-29-22-13-18-6-7-19-20-8-9-24(28-17(2)31)26(20,3)12-11-21(19)27(18,4)14-23(22)30(25)15-16/h5,10,15,18-21,24H,6-9,11-14H2,1-4H3,(H,28,31)/t18-,19-,20-,21-,24-,26-,27-/m0/s1. The quantitative estimate of drug-likeness (QED) is 0.699. The first-order valence-electron chi connectivity index (χ1n) is 12.5. The number of amides is 1. The van der Waals surface area contributed by atoms with Crippen molar-refractivity contribution in [3.8, 4) is 0 Å². The molecule has 2 aromatic rings. The van der Waals surface area contributed by atoms with Crippen LogP contribution in [0.4, 0.5) is 0 Å². The maximum atomic E-state index is 11.8. The molecule has 2 heterocycles. The number of carbonyl (C=O) groups excluding carboxylic acids is 1. The number of aromatic nitrogens is 2. The molecule has 0 bridgehead atoms. The van der Waals surface area contributed by atoms with Crippen molar-refractivity contribution in [2.24, 2.45) is 34.5 Å². The number of hydrogen-bond donors (Lipinski definition) is 1. The summed E-state index contributed by atoms with van der Waals surface area (Å²) < 4.78 is 2.39. The monoisotopic (exact) mass is 419 g/mol. The van der Waals surface area contributed by atoms with Gasteiger partial charge in [-0.3, -0.25) is 4.79 Å². The number of imidazole rings is 1. The van der Waals surface area contributed by atoms with Gasteiger partial charge in [0.1, 0.15) is 5.65 Å². The van der Waals surface area contributed by atoms with Gasteiger partial charge in [0.05, 0.1) is 5.69 Å². The van der Waals surface area contributed by atoms with E-state index in [1.807, 2.05) is 0 Å². The van der Waals surface area contributed by atoms with E-state index in [-0.39, 0.29) is 11.3 Å². The van der Waals surface area contributed by atoms with Crippen LogP contribution in [0.25, 0.3) is 5.65 Å². The summed E-state index contributed by atoms with van der Waals surface area (Å²) in [5.74, 6) is 3.31. The molecule has 3 saturated carbocycles. The molecule has 0 aliphatic heterocycles. The Kier molecular flexibility index (Phi) is 4.21. The summed E-state index contributed by atoms with van der Waals surface area (Å²) in [5, 5.41) is 3.33. The fourth-order valence-electron chi connectivity index (χ4n) is 8.82. The average Bonchev–Trinajstić information content (AvgIpc) is 3.22. The SMILES string of the molecule is CC(=O)N[C@H]1CC[C@H]2[C@@H]3CC[C@H]4Cc5nc6ccc(C)cn6c5C[C@]4(C)[C@H]3CC[C@]12C. The lowest BCUT2D eigenvalue weighted by Crippen LogP contribution is -2.56. The van der Waals surface area contributed by atoms with Gasteiger partial charge >= 0.3 is 0 Å². The molecule has 31 heavy (non-hydrogen) atoms. The Balaban J connectivity index is 1.34. The molecular formula is C27H37N3O. The topological polar surface area (TPSA) is 46.4 Å². The normalized spacial score (nSPS) is 41.2. The number of fused-ring (bicyclic) bond motifs is 8. The van der Waals surface area contributed by atoms with Crippen LogP contribution in [-0.4, -0.2) is 21.3 Å². The summed E-state index contributed by atoms with van der Waals surface area (Å²) in [6, 6.07) is 4.75. The molecule has 1 N–H and O–H groups in total. The third-order valence-electron chi connectivity index (χ3n) is 10.4. The van der Waals surface area contributed by atoms with Crippen molar-refractivity contribution in [1.82, 2.24) is 14.7 Å². The van der Waals surface area contributed by atoms with Gasteiger partial charge in [-0.25, -0.2) is 4.98 Å². The zero-order chi connectivity index (χ0) is 21.5. The Morgan fingerprint density at radius 1 is 1.10 bits per heavy atom. The molecule has 4 nitrogen and oxygen atoms in total. The van der Waals surface area contributed by atoms with Crippen molar-refractivity contribution in [2.45, 2.75) is 85.1 Å². The van der Waals surface area contributed by atoms with Gasteiger partial charge in [0.2, 0.25) is 5.91 Å². The zero-order valence-electron chi connectivity index (χ0n) is 19.6. The molecule has 2 aromatic heterocycles. The van der Waals surface area contributed by atoms with Crippen molar-refractivity contribution in [3.05, 3.63) is 35.3 Å². The number of hydrogen-bond acceptors (Lipinski definition) is 2. The molecule has 0 spiro atoms. The van der Waals surface area contributed by atoms with Crippen molar-refractivity contribution < 1.29 is 4.79 Å². The van der Waals surface area contributed by atoms with E-state index < -0.39 is 0 Å². The minimum atomic E-state index is 0.146. The molecule has 4 aliphatic rings. The number of carbonyl (C=O) groups is 1. The maximum absolute atomic E-state index is 11.8. The van der Waals surface area contributed by atoms with Gasteiger partial charge < -0.3 is 9.72 Å².